The molecule has 0 radical (unpaired) electrons. The second-order valence-corrected chi connectivity index (χ2v) is 5.59. The van der Waals surface area contributed by atoms with Crippen LogP contribution in [0.25, 0.3) is 0 Å². The van der Waals surface area contributed by atoms with E-state index < -0.39 is 10.8 Å². The van der Waals surface area contributed by atoms with Gasteiger partial charge in [-0.1, -0.05) is 0 Å². The van der Waals surface area contributed by atoms with Crippen molar-refractivity contribution in [3.05, 3.63) is 0 Å². The number of carbonyl (C=O) groups is 1. The first kappa shape index (κ1) is 12.6. The molecule has 1 aliphatic rings. The van der Waals surface area contributed by atoms with E-state index in [-0.39, 0.29) is 11.9 Å². The molecule has 0 spiro atoms. The molecule has 0 aromatic carbocycles. The molecule has 1 N–H and O–H groups in total. The van der Waals surface area contributed by atoms with Gasteiger partial charge in [0.15, 0.2) is 0 Å². The van der Waals surface area contributed by atoms with E-state index in [2.05, 4.69) is 5.32 Å². The maximum absolute atomic E-state index is 11.6. The summed E-state index contributed by atoms with van der Waals surface area (Å²) >= 11 is 0. The van der Waals surface area contributed by atoms with E-state index in [1.165, 1.54) is 0 Å². The van der Waals surface area contributed by atoms with E-state index in [1.54, 1.807) is 6.26 Å². The smallest absolute Gasteiger partial charge is 0.236 e. The van der Waals surface area contributed by atoms with Gasteiger partial charge < -0.3 is 10.2 Å². The Balaban J connectivity index is 2.18. The lowest BCUT2D eigenvalue weighted by molar-refractivity contribution is -0.129. The SMILES string of the molecule is CC(CS(C)=O)NCC(=O)N1CCCC1. The molecule has 2 atom stereocenters. The summed E-state index contributed by atoms with van der Waals surface area (Å²) in [6, 6.07) is 0.141. The zero-order chi connectivity index (χ0) is 11.3. The first-order valence-corrected chi connectivity index (χ1v) is 7.13. The van der Waals surface area contributed by atoms with Crippen LogP contribution in [0.5, 0.6) is 0 Å². The molecule has 0 saturated carbocycles. The molecule has 1 fully saturated rings. The van der Waals surface area contributed by atoms with E-state index in [1.807, 2.05) is 11.8 Å². The van der Waals surface area contributed by atoms with E-state index in [9.17, 15) is 9.00 Å². The van der Waals surface area contributed by atoms with Crippen LogP contribution < -0.4 is 5.32 Å². The normalized spacial score (nSPS) is 20.3. The number of carbonyl (C=O) groups excluding carboxylic acids is 1. The third-order valence-corrected chi connectivity index (χ3v) is 3.51. The van der Waals surface area contributed by atoms with Crippen LogP contribution >= 0.6 is 0 Å². The molecule has 1 aliphatic heterocycles. The fourth-order valence-electron chi connectivity index (χ4n) is 1.75. The van der Waals surface area contributed by atoms with Crippen molar-refractivity contribution in [2.75, 3.05) is 31.6 Å². The molecule has 1 saturated heterocycles. The first-order valence-electron chi connectivity index (χ1n) is 5.41. The Kier molecular flexibility index (Phi) is 5.25. The van der Waals surface area contributed by atoms with E-state index in [4.69, 9.17) is 0 Å². The highest BCUT2D eigenvalue weighted by Gasteiger charge is 2.17. The van der Waals surface area contributed by atoms with Crippen molar-refractivity contribution in [1.29, 1.82) is 0 Å². The van der Waals surface area contributed by atoms with Gasteiger partial charge in [-0.2, -0.15) is 0 Å². The highest BCUT2D eigenvalue weighted by Crippen LogP contribution is 2.06. The Labute approximate surface area is 93.9 Å². The Bertz CT molecular complexity index is 240. The lowest BCUT2D eigenvalue weighted by Gasteiger charge is -2.17. The molecule has 5 heteroatoms. The minimum atomic E-state index is -0.800. The summed E-state index contributed by atoms with van der Waals surface area (Å²) in [7, 11) is -0.800. The van der Waals surface area contributed by atoms with Gasteiger partial charge in [0.25, 0.3) is 0 Å². The van der Waals surface area contributed by atoms with Gasteiger partial charge in [0.2, 0.25) is 5.91 Å². The average molecular weight is 232 g/mol. The van der Waals surface area contributed by atoms with Gasteiger partial charge >= 0.3 is 0 Å². The molecule has 88 valence electrons. The molecular formula is C10H20N2O2S. The second kappa shape index (κ2) is 6.23. The van der Waals surface area contributed by atoms with Crippen LogP contribution in [0.2, 0.25) is 0 Å². The number of nitrogens with one attached hydrogen (secondary N) is 1. The summed E-state index contributed by atoms with van der Waals surface area (Å²) in [6.07, 6.45) is 3.93. The number of amides is 1. The summed E-state index contributed by atoms with van der Waals surface area (Å²) in [5.41, 5.74) is 0. The zero-order valence-corrected chi connectivity index (χ0v) is 10.3. The number of nitrogens with zero attached hydrogens (tertiary/aromatic N) is 1. The van der Waals surface area contributed by atoms with Crippen LogP contribution in [-0.4, -0.2) is 52.7 Å². The predicted molar refractivity (Wildman–Crippen MR) is 62.2 cm³/mol. The Hall–Kier alpha value is -0.420. The van der Waals surface area contributed by atoms with E-state index in [0.717, 1.165) is 25.9 Å². The molecule has 1 heterocycles. The van der Waals surface area contributed by atoms with E-state index in [0.29, 0.717) is 12.3 Å². The number of likely N-dealkylation sites (tertiary alicyclic amines) is 1. The molecule has 0 bridgehead atoms. The Morgan fingerprint density at radius 1 is 1.47 bits per heavy atom. The van der Waals surface area contributed by atoms with Gasteiger partial charge in [0, 0.05) is 41.9 Å². The quantitative estimate of drug-likeness (QED) is 0.724. The van der Waals surface area contributed by atoms with Crippen molar-refractivity contribution in [2.45, 2.75) is 25.8 Å². The van der Waals surface area contributed by atoms with Crippen molar-refractivity contribution in [2.24, 2.45) is 0 Å². The number of rotatable bonds is 5. The molecular weight excluding hydrogens is 212 g/mol. The van der Waals surface area contributed by atoms with Gasteiger partial charge in [-0.05, 0) is 19.8 Å². The molecule has 2 unspecified atom stereocenters. The average Bonchev–Trinajstić information content (AvgIpc) is 2.65. The van der Waals surface area contributed by atoms with Crippen LogP contribution in [0, 0.1) is 0 Å². The molecule has 0 aromatic rings. The standard InChI is InChI=1S/C10H20N2O2S/c1-9(8-15(2)14)11-7-10(13)12-5-3-4-6-12/h9,11H,3-8H2,1-2H3. The third kappa shape index (κ3) is 4.75. The van der Waals surface area contributed by atoms with Crippen LogP contribution in [-0.2, 0) is 15.6 Å². The fraction of sp³-hybridized carbons (Fsp3) is 0.900. The number of hydrogen-bond acceptors (Lipinski definition) is 3. The van der Waals surface area contributed by atoms with Crippen molar-refractivity contribution in [3.8, 4) is 0 Å². The molecule has 1 rings (SSSR count). The monoisotopic (exact) mass is 232 g/mol. The minimum Gasteiger partial charge on any atom is -0.342 e. The van der Waals surface area contributed by atoms with Gasteiger partial charge in [0.1, 0.15) is 0 Å². The highest BCUT2D eigenvalue weighted by molar-refractivity contribution is 7.84. The molecule has 0 aromatic heterocycles. The van der Waals surface area contributed by atoms with Gasteiger partial charge in [-0.3, -0.25) is 9.00 Å². The van der Waals surface area contributed by atoms with Crippen LogP contribution in [0.4, 0.5) is 0 Å². The maximum Gasteiger partial charge on any atom is 0.236 e. The Morgan fingerprint density at radius 2 is 2.07 bits per heavy atom. The highest BCUT2D eigenvalue weighted by atomic mass is 32.2. The maximum atomic E-state index is 11.6. The molecule has 0 aliphatic carbocycles. The van der Waals surface area contributed by atoms with Crippen LogP contribution in [0.1, 0.15) is 19.8 Å². The second-order valence-electron chi connectivity index (χ2n) is 4.11. The molecule has 1 amide bonds. The van der Waals surface area contributed by atoms with Gasteiger partial charge in [0.05, 0.1) is 6.54 Å². The summed E-state index contributed by atoms with van der Waals surface area (Å²) in [5.74, 6) is 0.772. The largest absolute Gasteiger partial charge is 0.342 e. The topological polar surface area (TPSA) is 49.4 Å². The van der Waals surface area contributed by atoms with Crippen LogP contribution in [0.15, 0.2) is 0 Å². The summed E-state index contributed by atoms with van der Waals surface area (Å²) < 4.78 is 10.9. The summed E-state index contributed by atoms with van der Waals surface area (Å²) in [6.45, 7) is 4.13. The van der Waals surface area contributed by atoms with Crippen LogP contribution in [0.3, 0.4) is 0 Å². The summed E-state index contributed by atoms with van der Waals surface area (Å²) in [5, 5.41) is 3.11. The third-order valence-electron chi connectivity index (χ3n) is 2.55. The van der Waals surface area contributed by atoms with Gasteiger partial charge in [-0.15, -0.1) is 0 Å². The molecule has 4 nitrogen and oxygen atoms in total. The zero-order valence-electron chi connectivity index (χ0n) is 9.49. The summed E-state index contributed by atoms with van der Waals surface area (Å²) in [4.78, 5) is 13.5. The first-order chi connectivity index (χ1) is 7.09. The Morgan fingerprint density at radius 3 is 2.60 bits per heavy atom. The number of hydrogen-bond donors (Lipinski definition) is 1. The molecule has 15 heavy (non-hydrogen) atoms. The van der Waals surface area contributed by atoms with E-state index >= 15 is 0 Å². The van der Waals surface area contributed by atoms with Gasteiger partial charge in [-0.25, -0.2) is 0 Å². The fourth-order valence-corrected chi connectivity index (χ4v) is 2.57. The lowest BCUT2D eigenvalue weighted by Crippen LogP contribution is -2.41. The lowest BCUT2D eigenvalue weighted by atomic mass is 10.4. The predicted octanol–water partition coefficient (Wildman–Crippen LogP) is -0.0346. The van der Waals surface area contributed by atoms with Crippen molar-refractivity contribution in [1.82, 2.24) is 10.2 Å². The van der Waals surface area contributed by atoms with Crippen molar-refractivity contribution < 1.29 is 9.00 Å². The van der Waals surface area contributed by atoms with Crippen molar-refractivity contribution in [3.63, 3.8) is 0 Å². The van der Waals surface area contributed by atoms with Crippen molar-refractivity contribution >= 4 is 16.7 Å². The minimum absolute atomic E-state index is 0.141.